The number of nitrogens with zero attached hydrogens (tertiary/aromatic N) is 2. The Hall–Kier alpha value is 0. The summed E-state index contributed by atoms with van der Waals surface area (Å²) in [6, 6.07) is 0. The second-order valence-corrected chi connectivity index (χ2v) is 6.67. The molecule has 3 nitrogen and oxygen atoms in total. The number of nitrogens with two attached hydrogens (primary N) is 1. The van der Waals surface area contributed by atoms with Crippen LogP contribution in [-0.2, 0) is 0 Å². The summed E-state index contributed by atoms with van der Waals surface area (Å²) in [5.74, 6) is 1.58. The van der Waals surface area contributed by atoms with Crippen LogP contribution in [-0.4, -0.2) is 30.5 Å². The Morgan fingerprint density at radius 2 is 1.74 bits per heavy atom. The van der Waals surface area contributed by atoms with Crippen molar-refractivity contribution in [2.45, 2.75) is 58.8 Å². The molecule has 2 N–H and O–H groups in total. The Morgan fingerprint density at radius 3 is 2.21 bits per heavy atom. The molecule has 0 spiro atoms. The molecule has 0 aromatic heterocycles. The molecule has 4 heteroatoms. The van der Waals surface area contributed by atoms with Crippen molar-refractivity contribution in [1.29, 1.82) is 0 Å². The zero-order valence-corrected chi connectivity index (χ0v) is 14.9. The van der Waals surface area contributed by atoms with Crippen molar-refractivity contribution >= 4 is 29.9 Å². The first-order valence-electron chi connectivity index (χ1n) is 7.66. The normalized spacial score (nSPS) is 22.9. The van der Waals surface area contributed by atoms with Crippen LogP contribution in [0.3, 0.4) is 0 Å². The van der Waals surface area contributed by atoms with Gasteiger partial charge in [-0.3, -0.25) is 4.99 Å². The highest BCUT2D eigenvalue weighted by Crippen LogP contribution is 2.50. The van der Waals surface area contributed by atoms with Crippen LogP contribution in [0.25, 0.3) is 0 Å². The molecule has 0 unspecified atom stereocenters. The first kappa shape index (κ1) is 17.1. The molecule has 19 heavy (non-hydrogen) atoms. The van der Waals surface area contributed by atoms with Gasteiger partial charge >= 0.3 is 0 Å². The minimum absolute atomic E-state index is 0. The van der Waals surface area contributed by atoms with E-state index in [1.807, 2.05) is 0 Å². The predicted molar refractivity (Wildman–Crippen MR) is 93.1 cm³/mol. The van der Waals surface area contributed by atoms with Gasteiger partial charge in [-0.15, -0.1) is 24.0 Å². The molecule has 0 aromatic rings. The number of hydrogen-bond acceptors (Lipinski definition) is 1. The molecule has 0 bridgehead atoms. The molecular weight excluding hydrogens is 349 g/mol. The van der Waals surface area contributed by atoms with E-state index in [9.17, 15) is 0 Å². The summed E-state index contributed by atoms with van der Waals surface area (Å²) < 4.78 is 0. The van der Waals surface area contributed by atoms with E-state index in [2.05, 4.69) is 18.7 Å². The van der Waals surface area contributed by atoms with E-state index >= 15 is 0 Å². The third kappa shape index (κ3) is 5.48. The quantitative estimate of drug-likeness (QED) is 0.461. The molecule has 1 saturated heterocycles. The highest BCUT2D eigenvalue weighted by molar-refractivity contribution is 14.0. The molecule has 1 aliphatic heterocycles. The number of halogens is 1. The molecule has 1 aliphatic carbocycles. The van der Waals surface area contributed by atoms with Crippen LogP contribution >= 0.6 is 24.0 Å². The first-order valence-corrected chi connectivity index (χ1v) is 7.66. The lowest BCUT2D eigenvalue weighted by Crippen LogP contribution is -2.38. The van der Waals surface area contributed by atoms with Crippen LogP contribution in [0.5, 0.6) is 0 Å². The van der Waals surface area contributed by atoms with Crippen molar-refractivity contribution in [2.24, 2.45) is 22.1 Å². The first-order chi connectivity index (χ1) is 8.61. The monoisotopic (exact) mass is 379 g/mol. The van der Waals surface area contributed by atoms with Crippen molar-refractivity contribution < 1.29 is 0 Å². The molecule has 112 valence electrons. The topological polar surface area (TPSA) is 41.6 Å². The number of likely N-dealkylation sites (tertiary alicyclic amines) is 1. The van der Waals surface area contributed by atoms with Gasteiger partial charge < -0.3 is 10.6 Å². The van der Waals surface area contributed by atoms with Gasteiger partial charge in [-0.2, -0.15) is 0 Å². The Bertz CT molecular complexity index is 290. The molecule has 2 fully saturated rings. The minimum atomic E-state index is 0. The number of guanidine groups is 1. The van der Waals surface area contributed by atoms with Gasteiger partial charge in [0.05, 0.1) is 0 Å². The fourth-order valence-corrected chi connectivity index (χ4v) is 3.12. The molecule has 0 aromatic carbocycles. The Kier molecular flexibility index (Phi) is 6.91. The van der Waals surface area contributed by atoms with Gasteiger partial charge in [0.25, 0.3) is 0 Å². The summed E-state index contributed by atoms with van der Waals surface area (Å²) in [4.78, 5) is 6.99. The van der Waals surface area contributed by atoms with Crippen LogP contribution in [0.15, 0.2) is 4.99 Å². The summed E-state index contributed by atoms with van der Waals surface area (Å²) >= 11 is 0. The largest absolute Gasteiger partial charge is 0.370 e. The Labute approximate surface area is 135 Å². The second kappa shape index (κ2) is 7.70. The number of rotatable bonds is 4. The Morgan fingerprint density at radius 1 is 1.16 bits per heavy atom. The molecule has 2 rings (SSSR count). The maximum absolute atomic E-state index is 6.16. The molecule has 0 radical (unpaired) electrons. The van der Waals surface area contributed by atoms with E-state index in [0.29, 0.717) is 5.41 Å². The van der Waals surface area contributed by atoms with Crippen molar-refractivity contribution in [1.82, 2.24) is 4.90 Å². The van der Waals surface area contributed by atoms with E-state index in [-0.39, 0.29) is 24.0 Å². The van der Waals surface area contributed by atoms with Gasteiger partial charge in [0.1, 0.15) is 0 Å². The van der Waals surface area contributed by atoms with Crippen molar-refractivity contribution in [2.75, 3.05) is 19.6 Å². The average molecular weight is 379 g/mol. The Balaban J connectivity index is 0.00000180. The van der Waals surface area contributed by atoms with E-state index in [4.69, 9.17) is 10.7 Å². The third-order valence-corrected chi connectivity index (χ3v) is 4.30. The molecule has 0 atom stereocenters. The summed E-state index contributed by atoms with van der Waals surface area (Å²) in [5, 5.41) is 0. The lowest BCUT2D eigenvalue weighted by atomic mass is 9.94. The van der Waals surface area contributed by atoms with Crippen LogP contribution in [0.4, 0.5) is 0 Å². The third-order valence-electron chi connectivity index (χ3n) is 4.30. The summed E-state index contributed by atoms with van der Waals surface area (Å²) in [7, 11) is 0. The summed E-state index contributed by atoms with van der Waals surface area (Å²) in [5.41, 5.74) is 6.66. The number of aliphatic imine (C=N–C) groups is 1. The van der Waals surface area contributed by atoms with Gasteiger partial charge in [0.15, 0.2) is 5.96 Å². The van der Waals surface area contributed by atoms with Crippen molar-refractivity contribution in [3.8, 4) is 0 Å². The van der Waals surface area contributed by atoms with Crippen LogP contribution in [0.2, 0.25) is 0 Å². The predicted octanol–water partition coefficient (Wildman–Crippen LogP) is 3.62. The van der Waals surface area contributed by atoms with Crippen molar-refractivity contribution in [3.63, 3.8) is 0 Å². The fourth-order valence-electron chi connectivity index (χ4n) is 3.12. The lowest BCUT2D eigenvalue weighted by Gasteiger charge is -2.22. The van der Waals surface area contributed by atoms with Gasteiger partial charge in [0, 0.05) is 19.6 Å². The minimum Gasteiger partial charge on any atom is -0.370 e. The second-order valence-electron chi connectivity index (χ2n) is 6.67. The maximum atomic E-state index is 6.16. The SMILES string of the molecule is CC(C)CC1(CN=C(N)N2CCCCCC2)CC1.I. The lowest BCUT2D eigenvalue weighted by molar-refractivity contribution is 0.389. The van der Waals surface area contributed by atoms with Crippen LogP contribution < -0.4 is 5.73 Å². The zero-order valence-electron chi connectivity index (χ0n) is 12.5. The van der Waals surface area contributed by atoms with Gasteiger partial charge in [-0.25, -0.2) is 0 Å². The van der Waals surface area contributed by atoms with Crippen LogP contribution in [0, 0.1) is 11.3 Å². The molecule has 1 saturated carbocycles. The van der Waals surface area contributed by atoms with Gasteiger partial charge in [-0.1, -0.05) is 26.7 Å². The van der Waals surface area contributed by atoms with E-state index in [1.165, 1.54) is 44.9 Å². The van der Waals surface area contributed by atoms with Gasteiger partial charge in [-0.05, 0) is 43.4 Å². The van der Waals surface area contributed by atoms with Crippen LogP contribution in [0.1, 0.15) is 58.8 Å². The zero-order chi connectivity index (χ0) is 13.0. The van der Waals surface area contributed by atoms with E-state index < -0.39 is 0 Å². The van der Waals surface area contributed by atoms with E-state index in [1.54, 1.807) is 0 Å². The maximum Gasteiger partial charge on any atom is 0.191 e. The summed E-state index contributed by atoms with van der Waals surface area (Å²) in [6.07, 6.45) is 9.25. The standard InChI is InChI=1S/C15H29N3.HI/c1-13(2)11-15(7-8-15)12-17-14(16)18-9-5-3-4-6-10-18;/h13H,3-12H2,1-2H3,(H2,16,17);1H. The molecule has 1 heterocycles. The number of hydrogen-bond donors (Lipinski definition) is 1. The van der Waals surface area contributed by atoms with Gasteiger partial charge in [0.2, 0.25) is 0 Å². The highest BCUT2D eigenvalue weighted by atomic mass is 127. The van der Waals surface area contributed by atoms with E-state index in [0.717, 1.165) is 31.5 Å². The smallest absolute Gasteiger partial charge is 0.191 e. The summed E-state index contributed by atoms with van der Waals surface area (Å²) in [6.45, 7) is 7.77. The fraction of sp³-hybridized carbons (Fsp3) is 0.933. The molecule has 2 aliphatic rings. The van der Waals surface area contributed by atoms with Crippen molar-refractivity contribution in [3.05, 3.63) is 0 Å². The molecular formula is C15H30IN3. The highest BCUT2D eigenvalue weighted by Gasteiger charge is 2.42. The average Bonchev–Trinajstić information content (AvgIpc) is 3.09. The molecule has 0 amide bonds.